The molecule has 9 atom stereocenters. The Morgan fingerprint density at radius 1 is 1.17 bits per heavy atom. The zero-order valence-corrected chi connectivity index (χ0v) is 29.4. The molecule has 2 spiro atoms. The van der Waals surface area contributed by atoms with Gasteiger partial charge < -0.3 is 26.6 Å². The molecule has 252 valence electrons. The number of aliphatic hydroxyl groups is 2. The van der Waals surface area contributed by atoms with E-state index in [1.807, 2.05) is 28.6 Å². The van der Waals surface area contributed by atoms with Gasteiger partial charge in [-0.1, -0.05) is 58.4 Å². The fourth-order valence-electron chi connectivity index (χ4n) is 11.8. The lowest BCUT2D eigenvalue weighted by molar-refractivity contribution is -0.125. The molecule has 0 aromatic heterocycles. The molecule has 7 rings (SSSR count). The number of nitrogens with one attached hydrogen (secondary N) is 2. The smallest absolute Gasteiger partial charge is 0.189 e. The van der Waals surface area contributed by atoms with Crippen LogP contribution in [0.5, 0.6) is 0 Å². The average Bonchev–Trinajstić information content (AvgIpc) is 3.38. The summed E-state index contributed by atoms with van der Waals surface area (Å²) >= 11 is 0. The number of carbonyl (C=O) groups excluding carboxylic acids is 1. The molecule has 6 aliphatic rings. The lowest BCUT2D eigenvalue weighted by atomic mass is 9.47. The maximum atomic E-state index is 14.2. The van der Waals surface area contributed by atoms with Gasteiger partial charge in [-0.25, -0.2) is 0 Å². The fourth-order valence-corrected chi connectivity index (χ4v) is 14.7. The quantitative estimate of drug-likeness (QED) is 0.245. The molecule has 5 bridgehead atoms. The van der Waals surface area contributed by atoms with Crippen molar-refractivity contribution in [3.63, 3.8) is 0 Å². The van der Waals surface area contributed by atoms with E-state index < -0.39 is 0 Å². The predicted molar refractivity (Wildman–Crippen MR) is 190 cm³/mol. The predicted octanol–water partition coefficient (Wildman–Crippen LogP) is 5.42. The minimum Gasteiger partial charge on any atom is -0.396 e. The first-order valence-corrected chi connectivity index (χ1v) is 20.3. The van der Waals surface area contributed by atoms with Crippen molar-refractivity contribution in [1.82, 2.24) is 10.6 Å². The maximum absolute atomic E-state index is 14.2. The first kappa shape index (κ1) is 33.0. The van der Waals surface area contributed by atoms with Crippen LogP contribution >= 0.6 is 21.6 Å². The molecule has 46 heavy (non-hydrogen) atoms. The molecule has 9 unspecified atom stereocenters. The Bertz CT molecular complexity index is 1390. The van der Waals surface area contributed by atoms with Crippen LogP contribution in [0.1, 0.15) is 88.2 Å². The van der Waals surface area contributed by atoms with E-state index in [4.69, 9.17) is 10.7 Å². The van der Waals surface area contributed by atoms with Crippen molar-refractivity contribution >= 4 is 33.3 Å². The van der Waals surface area contributed by atoms with Crippen LogP contribution in [0.4, 0.5) is 0 Å². The van der Waals surface area contributed by atoms with Gasteiger partial charge >= 0.3 is 0 Å². The number of hydrogen-bond acceptors (Lipinski definition) is 9. The zero-order chi connectivity index (χ0) is 32.1. The van der Waals surface area contributed by atoms with E-state index >= 15 is 0 Å². The SMILES string of the molecule is CNCc1cccc(C2CCC3CCC4=C5CC6CC(CO)C(CCCO)C5(CC4=O)C6(C)CCSSCC34NC(N)=NCC24)c1. The first-order chi connectivity index (χ1) is 22.3. The topological polar surface area (TPSA) is 120 Å². The van der Waals surface area contributed by atoms with E-state index in [0.29, 0.717) is 41.8 Å². The summed E-state index contributed by atoms with van der Waals surface area (Å²) in [4.78, 5) is 19.0. The normalized spacial score (nSPS) is 40.6. The molecule has 2 heterocycles. The van der Waals surface area contributed by atoms with E-state index in [1.54, 1.807) is 0 Å². The van der Waals surface area contributed by atoms with Crippen molar-refractivity contribution < 1.29 is 15.0 Å². The second-order valence-electron chi connectivity index (χ2n) is 15.5. The molecular weight excluding hydrogens is 613 g/mol. The van der Waals surface area contributed by atoms with Gasteiger partial charge in [-0.3, -0.25) is 9.79 Å². The number of hydrogen-bond donors (Lipinski definition) is 5. The maximum Gasteiger partial charge on any atom is 0.189 e. The Balaban J connectivity index is 1.26. The van der Waals surface area contributed by atoms with Crippen LogP contribution < -0.4 is 16.4 Å². The highest BCUT2D eigenvalue weighted by Crippen LogP contribution is 2.75. The zero-order valence-electron chi connectivity index (χ0n) is 27.7. The second-order valence-corrected chi connectivity index (χ2v) is 18.1. The average molecular weight is 667 g/mol. The Hall–Kier alpha value is -1.52. The third-order valence-corrected chi connectivity index (χ3v) is 16.3. The number of nitrogens with zero attached hydrogens (tertiary/aromatic N) is 1. The summed E-state index contributed by atoms with van der Waals surface area (Å²) in [7, 11) is 6.03. The standard InChI is InChI=1S/C37H54N4O3S2/c1-35-12-14-45-46-22-37-26(8-10-28(32(37)20-40-34(38)41-37)24-6-3-5-23(15-24)19-39-2)9-11-29-31-17-27(35)16-25(21-43)30(7-4-13-42)36(31,35)18-33(29)44/h3,5-6,15,25-28,30,32,39,42-43H,4,7-14,16-22H2,1-2H3,(H3,38,40,41). The summed E-state index contributed by atoms with van der Waals surface area (Å²) in [5, 5.41) is 27.6. The molecule has 2 aliphatic heterocycles. The summed E-state index contributed by atoms with van der Waals surface area (Å²) in [6.07, 6.45) is 9.45. The Kier molecular flexibility index (Phi) is 9.38. The second kappa shape index (κ2) is 13.1. The van der Waals surface area contributed by atoms with Crippen LogP contribution in [0.3, 0.4) is 0 Å². The minimum atomic E-state index is -0.172. The van der Waals surface area contributed by atoms with Crippen LogP contribution in [-0.2, 0) is 11.3 Å². The van der Waals surface area contributed by atoms with Crippen LogP contribution in [0, 0.1) is 40.4 Å². The molecule has 3 fully saturated rings. The van der Waals surface area contributed by atoms with Gasteiger partial charge in [-0.15, -0.1) is 0 Å². The summed E-state index contributed by atoms with van der Waals surface area (Å²) in [6, 6.07) is 9.12. The Labute approximate surface area is 283 Å². The van der Waals surface area contributed by atoms with Gasteiger partial charge in [0.2, 0.25) is 0 Å². The summed E-state index contributed by atoms with van der Waals surface area (Å²) in [5.74, 6) is 5.11. The third kappa shape index (κ3) is 5.12. The van der Waals surface area contributed by atoms with Crippen LogP contribution in [0.15, 0.2) is 40.4 Å². The van der Waals surface area contributed by atoms with Crippen molar-refractivity contribution in [3.8, 4) is 0 Å². The van der Waals surface area contributed by atoms with Crippen LogP contribution in [-0.4, -0.2) is 65.8 Å². The number of carbonyl (C=O) groups is 1. The molecule has 0 radical (unpaired) electrons. The molecular formula is C37H54N4O3S2. The van der Waals surface area contributed by atoms with E-state index in [1.165, 1.54) is 16.7 Å². The van der Waals surface area contributed by atoms with Crippen LogP contribution in [0.25, 0.3) is 0 Å². The van der Waals surface area contributed by atoms with E-state index in [2.05, 4.69) is 41.8 Å². The first-order valence-electron chi connectivity index (χ1n) is 17.8. The molecule has 6 N–H and O–H groups in total. The summed E-state index contributed by atoms with van der Waals surface area (Å²) in [6.45, 7) is 4.45. The monoisotopic (exact) mass is 666 g/mol. The van der Waals surface area contributed by atoms with Crippen molar-refractivity contribution in [2.75, 3.05) is 38.3 Å². The number of benzene rings is 1. The minimum absolute atomic E-state index is 0.0460. The largest absolute Gasteiger partial charge is 0.396 e. The van der Waals surface area contributed by atoms with Crippen molar-refractivity contribution in [2.45, 2.75) is 89.1 Å². The molecule has 0 saturated heterocycles. The van der Waals surface area contributed by atoms with Crippen molar-refractivity contribution in [2.24, 2.45) is 51.1 Å². The van der Waals surface area contributed by atoms with Gasteiger partial charge in [0.25, 0.3) is 0 Å². The number of Topliss-reactive ketones (excluding diaryl/α,β-unsaturated/α-hetero) is 1. The van der Waals surface area contributed by atoms with E-state index in [0.717, 1.165) is 88.0 Å². The van der Waals surface area contributed by atoms with Gasteiger partial charge in [0, 0.05) is 55.6 Å². The highest BCUT2D eigenvalue weighted by Gasteiger charge is 2.69. The van der Waals surface area contributed by atoms with E-state index in [-0.39, 0.29) is 41.4 Å². The van der Waals surface area contributed by atoms with Gasteiger partial charge in [-0.2, -0.15) is 0 Å². The number of ketones is 1. The fraction of sp³-hybridized carbons (Fsp3) is 0.730. The number of allylic oxidation sites excluding steroid dienone is 2. The highest BCUT2D eigenvalue weighted by molar-refractivity contribution is 8.76. The molecule has 0 amide bonds. The van der Waals surface area contributed by atoms with Gasteiger partial charge in [0.1, 0.15) is 0 Å². The number of guanidine groups is 1. The molecule has 1 aromatic rings. The van der Waals surface area contributed by atoms with Crippen molar-refractivity contribution in [3.05, 3.63) is 46.5 Å². The summed E-state index contributed by atoms with van der Waals surface area (Å²) < 4.78 is 0. The lowest BCUT2D eigenvalue weighted by Crippen LogP contribution is -2.68. The molecule has 9 heteroatoms. The van der Waals surface area contributed by atoms with E-state index in [9.17, 15) is 15.0 Å². The number of nitrogens with two attached hydrogens (primary N) is 1. The van der Waals surface area contributed by atoms with Crippen LogP contribution in [0.2, 0.25) is 0 Å². The summed E-state index contributed by atoms with van der Waals surface area (Å²) in [5.41, 5.74) is 11.6. The third-order valence-electron chi connectivity index (χ3n) is 13.9. The molecule has 4 aliphatic carbocycles. The molecule has 7 nitrogen and oxygen atoms in total. The van der Waals surface area contributed by atoms with Gasteiger partial charge in [-0.05, 0) is 117 Å². The molecule has 1 aromatic carbocycles. The highest BCUT2D eigenvalue weighted by atomic mass is 33.1. The number of rotatable bonds is 7. The molecule has 3 saturated carbocycles. The Morgan fingerprint density at radius 3 is 2.85 bits per heavy atom. The van der Waals surface area contributed by atoms with Crippen molar-refractivity contribution in [1.29, 1.82) is 0 Å². The lowest BCUT2D eigenvalue weighted by Gasteiger charge is -2.57. The number of aliphatic hydroxyl groups excluding tert-OH is 2. The number of aliphatic imine (C=N–C) groups is 1. The Morgan fingerprint density at radius 2 is 2.04 bits per heavy atom. The van der Waals surface area contributed by atoms with Gasteiger partial charge in [0.15, 0.2) is 11.7 Å². The van der Waals surface area contributed by atoms with Gasteiger partial charge in [0.05, 0.1) is 5.54 Å².